The van der Waals surface area contributed by atoms with Crippen molar-refractivity contribution in [1.82, 2.24) is 0 Å². The number of rotatable bonds is 4. The highest BCUT2D eigenvalue weighted by Gasteiger charge is 2.61. The Balaban J connectivity index is 1.72. The van der Waals surface area contributed by atoms with Crippen molar-refractivity contribution in [1.29, 1.82) is 0 Å². The van der Waals surface area contributed by atoms with Gasteiger partial charge in [0, 0.05) is 11.1 Å². The van der Waals surface area contributed by atoms with E-state index in [-0.39, 0.29) is 17.2 Å². The van der Waals surface area contributed by atoms with Gasteiger partial charge < -0.3 is 5.32 Å². The molecule has 3 aromatic carbocycles. The third-order valence-electron chi connectivity index (χ3n) is 5.85. The van der Waals surface area contributed by atoms with Crippen molar-refractivity contribution >= 4 is 11.6 Å². The van der Waals surface area contributed by atoms with Gasteiger partial charge in [0.15, 0.2) is 0 Å². The van der Waals surface area contributed by atoms with Gasteiger partial charge >= 0.3 is 0 Å². The standard InChI is InChI=1S/C25H25NO/c1-17-12-14-20(15-13-17)26-24(27)23-16-25(23,21-10-6-4-8-18(21)2)22-11-7-5-9-19(22)3/h4-15,23H,16H2,1-3H3,(H,26,27)/t23-/m1/s1. The van der Waals surface area contributed by atoms with E-state index in [1.807, 2.05) is 31.2 Å². The lowest BCUT2D eigenvalue weighted by Gasteiger charge is -2.23. The van der Waals surface area contributed by atoms with Crippen LogP contribution in [-0.2, 0) is 10.2 Å². The van der Waals surface area contributed by atoms with Gasteiger partial charge in [-0.2, -0.15) is 0 Å². The Morgan fingerprint density at radius 2 is 1.33 bits per heavy atom. The van der Waals surface area contributed by atoms with E-state index in [2.05, 4.69) is 67.7 Å². The van der Waals surface area contributed by atoms with Gasteiger partial charge in [-0.05, 0) is 61.6 Å². The maximum Gasteiger partial charge on any atom is 0.228 e. The Hall–Kier alpha value is -2.87. The summed E-state index contributed by atoms with van der Waals surface area (Å²) in [6.45, 7) is 6.33. The summed E-state index contributed by atoms with van der Waals surface area (Å²) in [5.41, 5.74) is 6.84. The lowest BCUT2D eigenvalue weighted by Crippen LogP contribution is -2.23. The minimum atomic E-state index is -0.231. The summed E-state index contributed by atoms with van der Waals surface area (Å²) in [7, 11) is 0. The molecule has 0 radical (unpaired) electrons. The molecule has 1 aliphatic carbocycles. The second kappa shape index (κ2) is 6.70. The first-order valence-electron chi connectivity index (χ1n) is 9.52. The third kappa shape index (κ3) is 3.06. The number of anilines is 1. The third-order valence-corrected chi connectivity index (χ3v) is 5.85. The van der Waals surface area contributed by atoms with Crippen LogP contribution in [-0.4, -0.2) is 5.91 Å². The fourth-order valence-electron chi connectivity index (χ4n) is 4.33. The van der Waals surface area contributed by atoms with Crippen LogP contribution in [0.4, 0.5) is 5.69 Å². The van der Waals surface area contributed by atoms with Gasteiger partial charge in [0.25, 0.3) is 0 Å². The maximum atomic E-state index is 13.1. The zero-order valence-electron chi connectivity index (χ0n) is 16.1. The van der Waals surface area contributed by atoms with Crippen molar-refractivity contribution in [3.63, 3.8) is 0 Å². The van der Waals surface area contributed by atoms with Crippen molar-refractivity contribution in [3.8, 4) is 0 Å². The number of amides is 1. The first-order chi connectivity index (χ1) is 13.0. The molecule has 136 valence electrons. The van der Waals surface area contributed by atoms with Crippen LogP contribution in [0.5, 0.6) is 0 Å². The average molecular weight is 355 g/mol. The van der Waals surface area contributed by atoms with E-state index in [4.69, 9.17) is 0 Å². The van der Waals surface area contributed by atoms with Crippen LogP contribution in [0.1, 0.15) is 34.2 Å². The molecule has 0 bridgehead atoms. The Bertz CT molecular complexity index is 942. The van der Waals surface area contributed by atoms with Gasteiger partial charge in [-0.1, -0.05) is 66.2 Å². The first kappa shape index (κ1) is 17.5. The number of carbonyl (C=O) groups is 1. The molecule has 0 spiro atoms. The lowest BCUT2D eigenvalue weighted by atomic mass is 9.81. The average Bonchev–Trinajstić information content (AvgIpc) is 3.41. The summed E-state index contributed by atoms with van der Waals surface area (Å²) < 4.78 is 0. The van der Waals surface area contributed by atoms with Crippen LogP contribution in [0.25, 0.3) is 0 Å². The van der Waals surface area contributed by atoms with Crippen molar-refractivity contribution in [2.45, 2.75) is 32.6 Å². The fraction of sp³-hybridized carbons (Fsp3) is 0.240. The fourth-order valence-corrected chi connectivity index (χ4v) is 4.33. The van der Waals surface area contributed by atoms with Gasteiger partial charge in [-0.3, -0.25) is 4.79 Å². The van der Waals surface area contributed by atoms with Crippen molar-refractivity contribution in [2.75, 3.05) is 5.32 Å². The quantitative estimate of drug-likeness (QED) is 0.652. The maximum absolute atomic E-state index is 13.1. The summed E-state index contributed by atoms with van der Waals surface area (Å²) >= 11 is 0. The largest absolute Gasteiger partial charge is 0.326 e. The van der Waals surface area contributed by atoms with E-state index in [1.165, 1.54) is 27.8 Å². The molecule has 0 aromatic heterocycles. The SMILES string of the molecule is Cc1ccc(NC(=O)[C@H]2CC2(c2ccccc2C)c2ccccc2C)cc1. The van der Waals surface area contributed by atoms with E-state index in [9.17, 15) is 4.79 Å². The number of nitrogens with one attached hydrogen (secondary N) is 1. The molecule has 3 aromatic rings. The monoisotopic (exact) mass is 355 g/mol. The van der Waals surface area contributed by atoms with E-state index in [0.717, 1.165) is 12.1 Å². The highest BCUT2D eigenvalue weighted by atomic mass is 16.2. The summed E-state index contributed by atoms with van der Waals surface area (Å²) in [6, 6.07) is 24.9. The first-order valence-corrected chi connectivity index (χ1v) is 9.52. The molecule has 1 atom stereocenters. The van der Waals surface area contributed by atoms with Gasteiger partial charge in [0.05, 0.1) is 5.92 Å². The number of hydrogen-bond acceptors (Lipinski definition) is 1. The molecule has 2 heteroatoms. The molecule has 27 heavy (non-hydrogen) atoms. The van der Waals surface area contributed by atoms with E-state index in [0.29, 0.717) is 0 Å². The highest BCUT2D eigenvalue weighted by molar-refractivity contribution is 5.97. The zero-order chi connectivity index (χ0) is 19.0. The number of hydrogen-bond donors (Lipinski definition) is 1. The molecular formula is C25H25NO. The number of aryl methyl sites for hydroxylation is 3. The normalized spacial score (nSPS) is 17.4. The highest BCUT2D eigenvalue weighted by Crippen LogP contribution is 2.60. The smallest absolute Gasteiger partial charge is 0.228 e. The molecule has 1 saturated carbocycles. The van der Waals surface area contributed by atoms with Crippen LogP contribution in [0.2, 0.25) is 0 Å². The number of carbonyl (C=O) groups excluding carboxylic acids is 1. The van der Waals surface area contributed by atoms with Crippen molar-refractivity contribution in [2.24, 2.45) is 5.92 Å². The zero-order valence-corrected chi connectivity index (χ0v) is 16.1. The minimum Gasteiger partial charge on any atom is -0.326 e. The molecule has 0 unspecified atom stereocenters. The summed E-state index contributed by atoms with van der Waals surface area (Å²) in [5.74, 6) is 0.0476. The van der Waals surface area contributed by atoms with E-state index >= 15 is 0 Å². The van der Waals surface area contributed by atoms with E-state index < -0.39 is 0 Å². The predicted octanol–water partition coefficient (Wildman–Crippen LogP) is 5.56. The summed E-state index contributed by atoms with van der Waals surface area (Å²) in [5, 5.41) is 3.13. The van der Waals surface area contributed by atoms with Crippen LogP contribution < -0.4 is 5.32 Å². The van der Waals surface area contributed by atoms with E-state index in [1.54, 1.807) is 0 Å². The molecule has 0 aliphatic heterocycles. The van der Waals surface area contributed by atoms with Crippen LogP contribution >= 0.6 is 0 Å². The van der Waals surface area contributed by atoms with Gasteiger partial charge in [0.1, 0.15) is 0 Å². The minimum absolute atomic E-state index is 0.0546. The Morgan fingerprint density at radius 3 is 1.85 bits per heavy atom. The lowest BCUT2D eigenvalue weighted by molar-refractivity contribution is -0.117. The van der Waals surface area contributed by atoms with Gasteiger partial charge in [0.2, 0.25) is 5.91 Å². The second-order valence-electron chi connectivity index (χ2n) is 7.71. The molecule has 1 fully saturated rings. The van der Waals surface area contributed by atoms with Crippen LogP contribution in [0, 0.1) is 26.7 Å². The number of benzene rings is 3. The Labute approximate surface area is 161 Å². The topological polar surface area (TPSA) is 29.1 Å². The molecule has 1 N–H and O–H groups in total. The summed E-state index contributed by atoms with van der Waals surface area (Å²) in [4.78, 5) is 13.1. The Kier molecular flexibility index (Phi) is 4.35. The second-order valence-corrected chi connectivity index (χ2v) is 7.71. The molecule has 1 amide bonds. The Morgan fingerprint density at radius 1 is 0.815 bits per heavy atom. The molecular weight excluding hydrogens is 330 g/mol. The predicted molar refractivity (Wildman–Crippen MR) is 111 cm³/mol. The molecule has 4 rings (SSSR count). The van der Waals surface area contributed by atoms with Crippen molar-refractivity contribution < 1.29 is 4.79 Å². The van der Waals surface area contributed by atoms with Gasteiger partial charge in [-0.25, -0.2) is 0 Å². The van der Waals surface area contributed by atoms with Crippen LogP contribution in [0.3, 0.4) is 0 Å². The van der Waals surface area contributed by atoms with Crippen LogP contribution in [0.15, 0.2) is 72.8 Å². The summed E-state index contributed by atoms with van der Waals surface area (Å²) in [6.07, 6.45) is 0.848. The molecule has 0 heterocycles. The van der Waals surface area contributed by atoms with Gasteiger partial charge in [-0.15, -0.1) is 0 Å². The molecule has 0 saturated heterocycles. The molecule has 2 nitrogen and oxygen atoms in total. The van der Waals surface area contributed by atoms with Crippen molar-refractivity contribution in [3.05, 3.63) is 101 Å². The molecule has 1 aliphatic rings.